The number of nitrogens with zero attached hydrogens (tertiary/aromatic N) is 1. The van der Waals surface area contributed by atoms with Gasteiger partial charge in [0.05, 0.1) is 17.1 Å². The highest BCUT2D eigenvalue weighted by molar-refractivity contribution is 9.10. The first kappa shape index (κ1) is 17.9. The summed E-state index contributed by atoms with van der Waals surface area (Å²) in [7, 11) is 0. The van der Waals surface area contributed by atoms with Crippen LogP contribution < -0.4 is 4.74 Å². The fourth-order valence-corrected chi connectivity index (χ4v) is 2.53. The molecule has 0 N–H and O–H groups in total. The molecule has 0 unspecified atom stereocenters. The van der Waals surface area contributed by atoms with Crippen molar-refractivity contribution in [3.05, 3.63) is 74.3 Å². The van der Waals surface area contributed by atoms with Crippen LogP contribution in [0.25, 0.3) is 6.08 Å². The summed E-state index contributed by atoms with van der Waals surface area (Å²) >= 11 is 3.21. The third-order valence-corrected chi connectivity index (χ3v) is 3.63. The fourth-order valence-electron chi connectivity index (χ4n) is 2.08. The molecule has 0 heterocycles. The number of ether oxygens (including phenoxy) is 1. The van der Waals surface area contributed by atoms with E-state index in [1.54, 1.807) is 6.08 Å². The van der Waals surface area contributed by atoms with Gasteiger partial charge in [-0.3, -0.25) is 14.9 Å². The first-order chi connectivity index (χ1) is 11.5. The molecule has 0 saturated carbocycles. The largest absolute Gasteiger partial charge is 0.486 e. The maximum Gasteiger partial charge on any atom is 0.312 e. The maximum absolute atomic E-state index is 12.5. The molecule has 0 amide bonds. The van der Waals surface area contributed by atoms with Gasteiger partial charge in [-0.2, -0.15) is 0 Å². The van der Waals surface area contributed by atoms with Crippen molar-refractivity contribution >= 4 is 33.5 Å². The van der Waals surface area contributed by atoms with Crippen LogP contribution in [0.2, 0.25) is 0 Å². The number of nitro benzene ring substituents is 1. The Balaban J connectivity index is 2.41. The van der Waals surface area contributed by atoms with Gasteiger partial charge in [0.2, 0.25) is 5.75 Å². The van der Waals surface area contributed by atoms with Gasteiger partial charge in [-0.25, -0.2) is 0 Å². The van der Waals surface area contributed by atoms with Crippen LogP contribution in [0.5, 0.6) is 5.75 Å². The lowest BCUT2D eigenvalue weighted by Gasteiger charge is -2.10. The Labute approximate surface area is 148 Å². The van der Waals surface area contributed by atoms with E-state index in [9.17, 15) is 14.9 Å². The number of rotatable bonds is 7. The quantitative estimate of drug-likeness (QED) is 0.287. The molecule has 0 saturated heterocycles. The average molecular weight is 390 g/mol. The molecule has 0 fully saturated rings. The number of benzene rings is 2. The summed E-state index contributed by atoms with van der Waals surface area (Å²) in [6, 6.07) is 12.2. The predicted molar refractivity (Wildman–Crippen MR) is 96.4 cm³/mol. The van der Waals surface area contributed by atoms with Crippen LogP contribution in [0.1, 0.15) is 29.3 Å². The molecule has 0 aliphatic carbocycles. The lowest BCUT2D eigenvalue weighted by atomic mass is 10.1. The Hall–Kier alpha value is -2.47. The molecular formula is C18H16BrNO4. The van der Waals surface area contributed by atoms with Crippen molar-refractivity contribution in [2.24, 2.45) is 0 Å². The molecular weight excluding hydrogens is 374 g/mol. The monoisotopic (exact) mass is 389 g/mol. The Morgan fingerprint density at radius 3 is 2.62 bits per heavy atom. The molecule has 0 aliphatic rings. The summed E-state index contributed by atoms with van der Waals surface area (Å²) in [6.07, 6.45) is 3.74. The van der Waals surface area contributed by atoms with Crippen LogP contribution in [0.4, 0.5) is 5.69 Å². The molecule has 0 atom stereocenters. The Kier molecular flexibility index (Phi) is 6.26. The minimum Gasteiger partial charge on any atom is -0.486 e. The highest BCUT2D eigenvalue weighted by Crippen LogP contribution is 2.35. The number of halogens is 1. The summed E-state index contributed by atoms with van der Waals surface area (Å²) in [5.74, 6) is -0.345. The van der Waals surface area contributed by atoms with Crippen molar-refractivity contribution in [3.8, 4) is 5.75 Å². The number of ketones is 1. The summed E-state index contributed by atoms with van der Waals surface area (Å²) in [4.78, 5) is 23.2. The van der Waals surface area contributed by atoms with Crippen molar-refractivity contribution in [2.75, 3.05) is 6.61 Å². The first-order valence-corrected chi connectivity index (χ1v) is 8.20. The number of carbonyl (C=O) groups is 1. The Morgan fingerprint density at radius 1 is 1.29 bits per heavy atom. The Morgan fingerprint density at radius 2 is 2.00 bits per heavy atom. The number of hydrogen-bond acceptors (Lipinski definition) is 4. The van der Waals surface area contributed by atoms with Gasteiger partial charge < -0.3 is 4.74 Å². The van der Waals surface area contributed by atoms with E-state index in [2.05, 4.69) is 15.9 Å². The van der Waals surface area contributed by atoms with Gasteiger partial charge in [-0.05, 0) is 24.1 Å². The van der Waals surface area contributed by atoms with Crippen LogP contribution in [-0.2, 0) is 0 Å². The van der Waals surface area contributed by atoms with E-state index in [0.717, 1.165) is 5.56 Å². The van der Waals surface area contributed by atoms with Gasteiger partial charge >= 0.3 is 5.69 Å². The molecule has 0 bridgehead atoms. The van der Waals surface area contributed by atoms with Gasteiger partial charge in [0.15, 0.2) is 5.78 Å². The zero-order chi connectivity index (χ0) is 17.5. The molecule has 2 aromatic rings. The molecule has 6 heteroatoms. The maximum atomic E-state index is 12.5. The molecule has 24 heavy (non-hydrogen) atoms. The predicted octanol–water partition coefficient (Wildman–Crippen LogP) is 5.04. The number of nitro groups is 1. The number of hydrogen-bond donors (Lipinski definition) is 0. The smallest absolute Gasteiger partial charge is 0.312 e. The van der Waals surface area contributed by atoms with Crippen LogP contribution >= 0.6 is 15.9 Å². The van der Waals surface area contributed by atoms with Crippen molar-refractivity contribution in [1.29, 1.82) is 0 Å². The average Bonchev–Trinajstić information content (AvgIpc) is 2.58. The summed E-state index contributed by atoms with van der Waals surface area (Å²) in [5, 5.41) is 11.3. The summed E-state index contributed by atoms with van der Waals surface area (Å²) in [6.45, 7) is 2.19. The van der Waals surface area contributed by atoms with E-state index in [1.165, 1.54) is 18.2 Å². The van der Waals surface area contributed by atoms with Crippen LogP contribution in [0.15, 0.2) is 53.0 Å². The number of carbonyl (C=O) groups excluding carboxylic acids is 1. The van der Waals surface area contributed by atoms with Crippen LogP contribution in [0.3, 0.4) is 0 Å². The molecule has 2 aromatic carbocycles. The van der Waals surface area contributed by atoms with E-state index >= 15 is 0 Å². The third kappa shape index (κ3) is 4.52. The first-order valence-electron chi connectivity index (χ1n) is 7.41. The molecule has 0 aliphatic heterocycles. The zero-order valence-electron chi connectivity index (χ0n) is 13.1. The fraction of sp³-hybridized carbons (Fsp3) is 0.167. The van der Waals surface area contributed by atoms with E-state index in [1.807, 2.05) is 37.3 Å². The van der Waals surface area contributed by atoms with Gasteiger partial charge in [0.1, 0.15) is 0 Å². The van der Waals surface area contributed by atoms with E-state index in [4.69, 9.17) is 4.74 Å². The SMILES string of the molecule is CCCOc1c(C(=O)C=Cc2ccccc2)cc(Br)cc1[N+](=O)[O-]. The van der Waals surface area contributed by atoms with Crippen molar-refractivity contribution in [2.45, 2.75) is 13.3 Å². The van der Waals surface area contributed by atoms with Gasteiger partial charge in [-0.1, -0.05) is 59.3 Å². The lowest BCUT2D eigenvalue weighted by molar-refractivity contribution is -0.386. The highest BCUT2D eigenvalue weighted by Gasteiger charge is 2.23. The lowest BCUT2D eigenvalue weighted by Crippen LogP contribution is -2.06. The molecule has 2 rings (SSSR count). The Bertz CT molecular complexity index is 772. The topological polar surface area (TPSA) is 69.4 Å². The second-order valence-corrected chi connectivity index (χ2v) is 5.93. The minimum absolute atomic E-state index is 0.00719. The third-order valence-electron chi connectivity index (χ3n) is 3.17. The van der Waals surface area contributed by atoms with Crippen molar-refractivity contribution < 1.29 is 14.5 Å². The second-order valence-electron chi connectivity index (χ2n) is 5.02. The van der Waals surface area contributed by atoms with Gasteiger partial charge in [0, 0.05) is 10.5 Å². The molecule has 0 radical (unpaired) electrons. The van der Waals surface area contributed by atoms with Gasteiger partial charge in [0.25, 0.3) is 0 Å². The molecule has 124 valence electrons. The van der Waals surface area contributed by atoms with Crippen LogP contribution in [-0.4, -0.2) is 17.3 Å². The molecule has 0 spiro atoms. The highest BCUT2D eigenvalue weighted by atomic mass is 79.9. The molecule has 5 nitrogen and oxygen atoms in total. The molecule has 0 aromatic heterocycles. The van der Waals surface area contributed by atoms with Crippen LogP contribution in [0, 0.1) is 10.1 Å². The minimum atomic E-state index is -0.548. The summed E-state index contributed by atoms with van der Waals surface area (Å²) < 4.78 is 5.94. The normalized spacial score (nSPS) is 10.8. The van der Waals surface area contributed by atoms with E-state index < -0.39 is 4.92 Å². The standard InChI is InChI=1S/C18H16BrNO4/c1-2-10-24-18-15(11-14(19)12-16(18)20(22)23)17(21)9-8-13-6-4-3-5-7-13/h3-9,11-12H,2,10H2,1H3. The van der Waals surface area contributed by atoms with E-state index in [-0.39, 0.29) is 22.8 Å². The zero-order valence-corrected chi connectivity index (χ0v) is 14.7. The summed E-state index contributed by atoms with van der Waals surface area (Å²) in [5.41, 5.74) is 0.803. The van der Waals surface area contributed by atoms with Crippen molar-refractivity contribution in [1.82, 2.24) is 0 Å². The van der Waals surface area contributed by atoms with E-state index in [0.29, 0.717) is 17.5 Å². The second kappa shape index (κ2) is 8.40. The number of allylic oxidation sites excluding steroid dienone is 1. The van der Waals surface area contributed by atoms with Gasteiger partial charge in [-0.15, -0.1) is 0 Å². The van der Waals surface area contributed by atoms with Crippen molar-refractivity contribution in [3.63, 3.8) is 0 Å².